The third kappa shape index (κ3) is 10.7. The van der Waals surface area contributed by atoms with Gasteiger partial charge in [-0.3, -0.25) is 23.9 Å². The summed E-state index contributed by atoms with van der Waals surface area (Å²) >= 11 is 0.506. The summed E-state index contributed by atoms with van der Waals surface area (Å²) in [4.78, 5) is 57.4. The predicted molar refractivity (Wildman–Crippen MR) is 163 cm³/mol. The molecular weight excluding hydrogens is 656 g/mol. The molecule has 10 nitrogen and oxygen atoms in total. The summed E-state index contributed by atoms with van der Waals surface area (Å²) in [6, 6.07) is 14.0. The summed E-state index contributed by atoms with van der Waals surface area (Å²) in [7, 11) is 2.72. The summed E-state index contributed by atoms with van der Waals surface area (Å²) in [6.07, 6.45) is -16.7. The minimum absolute atomic E-state index is 0.260. The highest BCUT2D eigenvalue weighted by atomic mass is 32.2. The SMILES string of the molecule is CN[C@@H](CSNC(=O)[C@@H](CCC(F)(F)F)[C@@H](CCC(F)(F)F)C(=O)N[C@H]1N=C(c2ccccc2)c2ccccc2N(C)C1=O)C(=O)O. The van der Waals surface area contributed by atoms with Crippen molar-refractivity contribution in [2.45, 2.75) is 50.2 Å². The fraction of sp³-hybridized carbons (Fsp3) is 0.433. The lowest BCUT2D eigenvalue weighted by atomic mass is 9.83. The third-order valence-corrected chi connectivity index (χ3v) is 8.22. The van der Waals surface area contributed by atoms with Crippen LogP contribution < -0.4 is 20.3 Å². The molecule has 0 unspecified atom stereocenters. The Hall–Kier alpha value is -4.12. The van der Waals surface area contributed by atoms with Crippen molar-refractivity contribution in [1.29, 1.82) is 0 Å². The van der Waals surface area contributed by atoms with Gasteiger partial charge in [-0.15, -0.1) is 0 Å². The zero-order chi connectivity index (χ0) is 34.9. The van der Waals surface area contributed by atoms with Gasteiger partial charge in [0.1, 0.15) is 6.04 Å². The number of aliphatic carboxylic acids is 1. The number of hydrogen-bond acceptors (Lipinski definition) is 7. The van der Waals surface area contributed by atoms with E-state index in [9.17, 15) is 50.6 Å². The zero-order valence-corrected chi connectivity index (χ0v) is 26.0. The number of halogens is 6. The molecule has 4 atom stereocenters. The Labute approximate surface area is 270 Å². The fourth-order valence-electron chi connectivity index (χ4n) is 4.90. The van der Waals surface area contributed by atoms with Crippen molar-refractivity contribution >= 4 is 47.0 Å². The van der Waals surface area contributed by atoms with Crippen LogP contribution in [0.5, 0.6) is 0 Å². The van der Waals surface area contributed by atoms with Gasteiger partial charge in [0.25, 0.3) is 5.91 Å². The van der Waals surface area contributed by atoms with Crippen molar-refractivity contribution in [3.05, 3.63) is 65.7 Å². The van der Waals surface area contributed by atoms with Gasteiger partial charge in [0.05, 0.1) is 17.3 Å². The molecule has 0 spiro atoms. The molecule has 2 aromatic rings. The van der Waals surface area contributed by atoms with E-state index in [1.165, 1.54) is 19.0 Å². The summed E-state index contributed by atoms with van der Waals surface area (Å²) in [6.45, 7) is 0. The lowest BCUT2D eigenvalue weighted by Crippen LogP contribution is -2.50. The minimum Gasteiger partial charge on any atom is -0.480 e. The van der Waals surface area contributed by atoms with Crippen LogP contribution in [0.4, 0.5) is 32.0 Å². The van der Waals surface area contributed by atoms with Gasteiger partial charge in [0.2, 0.25) is 18.0 Å². The van der Waals surface area contributed by atoms with E-state index in [0.717, 1.165) is 0 Å². The number of nitrogens with one attached hydrogen (secondary N) is 3. The normalized spacial score (nSPS) is 17.1. The van der Waals surface area contributed by atoms with Gasteiger partial charge in [-0.1, -0.05) is 48.5 Å². The van der Waals surface area contributed by atoms with Crippen molar-refractivity contribution in [2.75, 3.05) is 24.7 Å². The smallest absolute Gasteiger partial charge is 0.389 e. The van der Waals surface area contributed by atoms with E-state index in [1.807, 2.05) is 0 Å². The molecule has 1 heterocycles. The lowest BCUT2D eigenvalue weighted by molar-refractivity contribution is -0.152. The fourth-order valence-corrected chi connectivity index (χ4v) is 5.76. The molecule has 0 fully saturated rings. The number of carbonyl (C=O) groups excluding carboxylic acids is 3. The summed E-state index contributed by atoms with van der Waals surface area (Å²) in [5.74, 6) is -8.76. The van der Waals surface area contributed by atoms with Crippen molar-refractivity contribution in [1.82, 2.24) is 15.4 Å². The molecule has 256 valence electrons. The van der Waals surface area contributed by atoms with Crippen molar-refractivity contribution in [2.24, 2.45) is 16.8 Å². The summed E-state index contributed by atoms with van der Waals surface area (Å²) < 4.78 is 82.2. The molecule has 0 saturated heterocycles. The van der Waals surface area contributed by atoms with Crippen LogP contribution in [-0.2, 0) is 19.2 Å². The first-order valence-corrected chi connectivity index (χ1v) is 15.3. The lowest BCUT2D eigenvalue weighted by Gasteiger charge is -2.28. The van der Waals surface area contributed by atoms with Crippen LogP contribution in [0.25, 0.3) is 0 Å². The van der Waals surface area contributed by atoms with Crippen molar-refractivity contribution in [3.63, 3.8) is 0 Å². The van der Waals surface area contributed by atoms with Crippen molar-refractivity contribution in [3.8, 4) is 0 Å². The molecule has 0 aliphatic carbocycles. The van der Waals surface area contributed by atoms with Gasteiger partial charge >= 0.3 is 18.3 Å². The standard InChI is InChI=1S/C30H33F6N5O5S/c1-37-21(28(45)46)16-47-40-26(43)19(13-15-30(34,35)36)18(12-14-29(31,32)33)25(42)39-24-27(44)41(2)22-11-7-6-10-20(22)23(38-24)17-8-4-3-5-9-17/h3-11,18-19,21,24,37H,12-16H2,1-2H3,(H,39,42)(H,40,43)(H,45,46)/t18-,19+,21+,24-/m1/s1. The Balaban J connectivity index is 2.00. The van der Waals surface area contributed by atoms with E-state index in [4.69, 9.17) is 0 Å². The largest absolute Gasteiger partial charge is 0.480 e. The predicted octanol–water partition coefficient (Wildman–Crippen LogP) is 4.30. The van der Waals surface area contributed by atoms with Gasteiger partial charge in [0.15, 0.2) is 0 Å². The molecule has 4 N–H and O–H groups in total. The van der Waals surface area contributed by atoms with Crippen molar-refractivity contribution < 1.29 is 50.6 Å². The molecule has 3 rings (SSSR count). The maximum absolute atomic E-state index is 13.7. The molecule has 3 amide bonds. The van der Waals surface area contributed by atoms with Crippen LogP contribution in [0.1, 0.15) is 36.8 Å². The Bertz CT molecular complexity index is 1460. The topological polar surface area (TPSA) is 140 Å². The van der Waals surface area contributed by atoms with Crippen LogP contribution in [0, 0.1) is 11.8 Å². The molecule has 0 aromatic heterocycles. The number of benzene rings is 2. The van der Waals surface area contributed by atoms with Crippen LogP contribution in [-0.4, -0.2) is 78.9 Å². The van der Waals surface area contributed by atoms with Gasteiger partial charge in [-0.2, -0.15) is 26.3 Å². The number of nitrogens with zero attached hydrogens (tertiary/aromatic N) is 2. The second kappa shape index (κ2) is 16.1. The molecule has 0 bridgehead atoms. The van der Waals surface area contributed by atoms with E-state index < -0.39 is 85.8 Å². The quantitative estimate of drug-likeness (QED) is 0.171. The van der Waals surface area contributed by atoms with E-state index >= 15 is 0 Å². The summed E-state index contributed by atoms with van der Waals surface area (Å²) in [5.41, 5.74) is 1.71. The first-order chi connectivity index (χ1) is 22.0. The van der Waals surface area contributed by atoms with Crippen LogP contribution in [0.3, 0.4) is 0 Å². The molecule has 2 aromatic carbocycles. The van der Waals surface area contributed by atoms with Crippen LogP contribution in [0.15, 0.2) is 59.6 Å². The van der Waals surface area contributed by atoms with E-state index in [0.29, 0.717) is 28.8 Å². The number of anilines is 1. The minimum atomic E-state index is -4.83. The van der Waals surface area contributed by atoms with E-state index in [1.54, 1.807) is 54.6 Å². The second-order valence-electron chi connectivity index (χ2n) is 10.6. The first kappa shape index (κ1) is 37.3. The number of hydrogen-bond donors (Lipinski definition) is 4. The van der Waals surface area contributed by atoms with Crippen LogP contribution in [0.2, 0.25) is 0 Å². The Kier molecular flexibility index (Phi) is 12.8. The molecule has 1 aliphatic heterocycles. The highest BCUT2D eigenvalue weighted by Gasteiger charge is 2.42. The number of rotatable bonds is 14. The second-order valence-corrected chi connectivity index (χ2v) is 11.5. The number of carbonyl (C=O) groups is 4. The Morgan fingerprint density at radius 2 is 1.47 bits per heavy atom. The number of para-hydroxylation sites is 1. The van der Waals surface area contributed by atoms with Gasteiger partial charge in [-0.05, 0) is 37.9 Å². The number of benzodiazepines with no additional fused rings is 1. The zero-order valence-electron chi connectivity index (χ0n) is 25.2. The van der Waals surface area contributed by atoms with Crippen LogP contribution >= 0.6 is 11.9 Å². The van der Waals surface area contributed by atoms with Gasteiger partial charge in [0, 0.05) is 42.7 Å². The highest BCUT2D eigenvalue weighted by Crippen LogP contribution is 2.34. The molecule has 17 heteroatoms. The maximum atomic E-state index is 13.7. The average molecular weight is 690 g/mol. The van der Waals surface area contributed by atoms with E-state index in [-0.39, 0.29) is 11.5 Å². The maximum Gasteiger partial charge on any atom is 0.389 e. The van der Waals surface area contributed by atoms with Gasteiger partial charge in [-0.25, -0.2) is 4.99 Å². The monoisotopic (exact) mass is 689 g/mol. The molecule has 0 radical (unpaired) electrons. The Morgan fingerprint density at radius 1 is 0.915 bits per heavy atom. The highest BCUT2D eigenvalue weighted by molar-refractivity contribution is 7.98. The van der Waals surface area contributed by atoms with E-state index in [2.05, 4.69) is 20.3 Å². The van der Waals surface area contributed by atoms with Gasteiger partial charge < -0.3 is 20.6 Å². The molecule has 0 saturated carbocycles. The molecule has 1 aliphatic rings. The molecular formula is C30H33F6N5O5S. The number of alkyl halides is 6. The number of aliphatic imine (C=N–C) groups is 1. The third-order valence-electron chi connectivity index (χ3n) is 7.38. The number of carboxylic acids is 1. The first-order valence-electron chi connectivity index (χ1n) is 14.3. The Morgan fingerprint density at radius 3 is 2.02 bits per heavy atom. The number of carboxylic acid groups (broad SMARTS) is 1. The number of fused-ring (bicyclic) bond motifs is 1. The summed E-state index contributed by atoms with van der Waals surface area (Å²) in [5, 5.41) is 13.9. The molecule has 47 heavy (non-hydrogen) atoms. The number of likely N-dealkylation sites (N-methyl/N-ethyl adjacent to an activating group) is 2. The number of amides is 3. The average Bonchev–Trinajstić information content (AvgIpc) is 3.10.